The van der Waals surface area contributed by atoms with Gasteiger partial charge in [-0.05, 0) is 82.9 Å². The van der Waals surface area contributed by atoms with Gasteiger partial charge in [0.15, 0.2) is 23.0 Å². The number of barbiturate groups is 1. The molecule has 0 unspecified atom stereocenters. The second kappa shape index (κ2) is 13.3. The van der Waals surface area contributed by atoms with E-state index in [1.165, 1.54) is 44.6 Å². The van der Waals surface area contributed by atoms with Crippen molar-refractivity contribution in [3.05, 3.63) is 81.3 Å². The van der Waals surface area contributed by atoms with Crippen LogP contribution in [-0.4, -0.2) is 52.0 Å². The number of benzene rings is 3. The Labute approximate surface area is 257 Å². The van der Waals surface area contributed by atoms with Gasteiger partial charge in [-0.1, -0.05) is 30.7 Å². The number of nitrogens with one attached hydrogen (secondary N) is 1. The van der Waals surface area contributed by atoms with Crippen LogP contribution in [-0.2, 0) is 26.3 Å². The van der Waals surface area contributed by atoms with Crippen molar-refractivity contribution in [2.45, 2.75) is 31.7 Å². The van der Waals surface area contributed by atoms with Gasteiger partial charge in [-0.3, -0.25) is 19.8 Å². The van der Waals surface area contributed by atoms with Crippen LogP contribution in [0.5, 0.6) is 23.0 Å². The summed E-state index contributed by atoms with van der Waals surface area (Å²) in [5.41, 5.74) is 1.44. The average Bonchev–Trinajstić information content (AvgIpc) is 2.97. The van der Waals surface area contributed by atoms with Crippen LogP contribution in [0.15, 0.2) is 69.5 Å². The molecule has 1 aliphatic rings. The van der Waals surface area contributed by atoms with Gasteiger partial charge in [0.2, 0.25) is 0 Å². The number of carbonyl (C=O) groups excluding carboxylic acids is 3. The minimum atomic E-state index is -4.20. The molecule has 1 N–H and O–H groups in total. The Morgan fingerprint density at radius 2 is 1.63 bits per heavy atom. The summed E-state index contributed by atoms with van der Waals surface area (Å²) in [6.45, 7) is 4.16. The Kier molecular flexibility index (Phi) is 9.77. The highest BCUT2D eigenvalue weighted by atomic mass is 79.9. The van der Waals surface area contributed by atoms with Gasteiger partial charge >= 0.3 is 16.1 Å². The average molecular weight is 674 g/mol. The minimum Gasteiger partial charge on any atom is -0.493 e. The van der Waals surface area contributed by atoms with Gasteiger partial charge in [0.25, 0.3) is 11.8 Å². The standard InChI is InChI=1S/C30H29BrN2O9S/c1-5-12-41-24-11-8-19(15-25(24)39-3)17-33-29(35)22(28(34)32-30(33)36)13-20-14-23(31)27(26(16-20)40-4)42-43(37,38)21-9-6-18(2)7-10-21/h6-11,13-16H,5,12,17H2,1-4H3,(H,32,34,36)/b22-13+. The number of imide groups is 2. The van der Waals surface area contributed by atoms with Crippen LogP contribution >= 0.6 is 15.9 Å². The molecule has 0 aliphatic carbocycles. The molecule has 0 aromatic heterocycles. The van der Waals surface area contributed by atoms with Crippen molar-refractivity contribution in [3.8, 4) is 23.0 Å². The number of urea groups is 1. The molecule has 1 heterocycles. The molecular formula is C30H29BrN2O9S. The van der Waals surface area contributed by atoms with Crippen LogP contribution in [0.4, 0.5) is 4.79 Å². The summed E-state index contributed by atoms with van der Waals surface area (Å²) in [6.07, 6.45) is 2.08. The normalized spacial score (nSPS) is 14.5. The molecule has 3 aromatic carbocycles. The Bertz CT molecular complexity index is 1700. The molecule has 0 spiro atoms. The molecule has 3 aromatic rings. The third-order valence-corrected chi connectivity index (χ3v) is 8.11. The number of methoxy groups -OCH3 is 2. The Balaban J connectivity index is 1.62. The van der Waals surface area contributed by atoms with E-state index in [1.807, 2.05) is 13.8 Å². The largest absolute Gasteiger partial charge is 0.493 e. The number of ether oxygens (including phenoxy) is 3. The van der Waals surface area contributed by atoms with Crippen LogP contribution in [0, 0.1) is 6.92 Å². The Morgan fingerprint density at radius 3 is 2.28 bits per heavy atom. The topological polar surface area (TPSA) is 138 Å². The van der Waals surface area contributed by atoms with Crippen LogP contribution in [0.2, 0.25) is 0 Å². The smallest absolute Gasteiger partial charge is 0.339 e. The van der Waals surface area contributed by atoms with Crippen LogP contribution in [0.25, 0.3) is 6.08 Å². The van der Waals surface area contributed by atoms with Gasteiger partial charge in [-0.2, -0.15) is 8.42 Å². The highest BCUT2D eigenvalue weighted by Crippen LogP contribution is 2.39. The SMILES string of the molecule is CCCOc1ccc(CN2C(=O)NC(=O)/C(=C\c3cc(Br)c(OS(=O)(=O)c4ccc(C)cc4)c(OC)c3)C2=O)cc1OC. The summed E-state index contributed by atoms with van der Waals surface area (Å²) in [4.78, 5) is 39.6. The number of halogens is 1. The quantitative estimate of drug-likeness (QED) is 0.170. The molecule has 13 heteroatoms. The molecule has 4 rings (SSSR count). The van der Waals surface area contributed by atoms with Crippen molar-refractivity contribution >= 4 is 50.0 Å². The van der Waals surface area contributed by atoms with E-state index in [4.69, 9.17) is 18.4 Å². The van der Waals surface area contributed by atoms with E-state index in [0.717, 1.165) is 16.9 Å². The van der Waals surface area contributed by atoms with Gasteiger partial charge in [0.05, 0.1) is 31.8 Å². The monoisotopic (exact) mass is 672 g/mol. The van der Waals surface area contributed by atoms with Crippen molar-refractivity contribution < 1.29 is 41.2 Å². The van der Waals surface area contributed by atoms with E-state index in [2.05, 4.69) is 21.2 Å². The zero-order valence-corrected chi connectivity index (χ0v) is 26.2. The van der Waals surface area contributed by atoms with Crippen molar-refractivity contribution in [3.63, 3.8) is 0 Å². The van der Waals surface area contributed by atoms with Gasteiger partial charge in [0, 0.05) is 0 Å². The fourth-order valence-corrected chi connectivity index (χ4v) is 5.70. The summed E-state index contributed by atoms with van der Waals surface area (Å²) in [7, 11) is -1.40. The number of hydrogen-bond donors (Lipinski definition) is 1. The third-order valence-electron chi connectivity index (χ3n) is 6.28. The molecule has 43 heavy (non-hydrogen) atoms. The maximum Gasteiger partial charge on any atom is 0.339 e. The van der Waals surface area contributed by atoms with Gasteiger partial charge in [-0.15, -0.1) is 0 Å². The van der Waals surface area contributed by atoms with E-state index in [9.17, 15) is 22.8 Å². The van der Waals surface area contributed by atoms with Gasteiger partial charge < -0.3 is 18.4 Å². The van der Waals surface area contributed by atoms with Crippen molar-refractivity contribution in [2.75, 3.05) is 20.8 Å². The molecule has 226 valence electrons. The lowest BCUT2D eigenvalue weighted by Crippen LogP contribution is -2.53. The predicted molar refractivity (Wildman–Crippen MR) is 161 cm³/mol. The van der Waals surface area contributed by atoms with Crippen molar-refractivity contribution in [2.24, 2.45) is 0 Å². The fraction of sp³-hybridized carbons (Fsp3) is 0.233. The first-order valence-corrected chi connectivity index (χ1v) is 15.2. The van der Waals surface area contributed by atoms with Gasteiger partial charge in [-0.25, -0.2) is 4.79 Å². The molecule has 1 fully saturated rings. The first-order chi connectivity index (χ1) is 20.5. The lowest BCUT2D eigenvalue weighted by Gasteiger charge is -2.26. The predicted octanol–water partition coefficient (Wildman–Crippen LogP) is 4.99. The number of aryl methyl sites for hydroxylation is 1. The van der Waals surface area contributed by atoms with Crippen LogP contribution < -0.4 is 23.7 Å². The second-order valence-corrected chi connectivity index (χ2v) is 11.8. The summed E-state index contributed by atoms with van der Waals surface area (Å²) >= 11 is 3.30. The maximum absolute atomic E-state index is 13.4. The molecule has 0 bridgehead atoms. The van der Waals surface area contributed by atoms with Crippen molar-refractivity contribution in [1.82, 2.24) is 10.2 Å². The molecule has 4 amide bonds. The maximum atomic E-state index is 13.4. The Morgan fingerprint density at radius 1 is 0.930 bits per heavy atom. The number of amides is 4. The summed E-state index contributed by atoms with van der Waals surface area (Å²) in [5, 5.41) is 2.18. The van der Waals surface area contributed by atoms with E-state index in [-0.39, 0.29) is 33.0 Å². The number of rotatable bonds is 11. The number of nitrogens with zero attached hydrogens (tertiary/aromatic N) is 1. The molecule has 1 aliphatic heterocycles. The number of hydrogen-bond acceptors (Lipinski definition) is 9. The second-order valence-electron chi connectivity index (χ2n) is 9.43. The Hall–Kier alpha value is -4.36. The lowest BCUT2D eigenvalue weighted by molar-refractivity contribution is -0.130. The van der Waals surface area contributed by atoms with Gasteiger partial charge in [0.1, 0.15) is 10.5 Å². The summed E-state index contributed by atoms with van der Waals surface area (Å²) < 4.78 is 47.7. The van der Waals surface area contributed by atoms with Crippen molar-refractivity contribution in [1.29, 1.82) is 0 Å². The highest BCUT2D eigenvalue weighted by molar-refractivity contribution is 9.10. The zero-order valence-electron chi connectivity index (χ0n) is 23.8. The fourth-order valence-electron chi connectivity index (χ4n) is 4.10. The first-order valence-electron chi connectivity index (χ1n) is 13.0. The molecular weight excluding hydrogens is 644 g/mol. The van der Waals surface area contributed by atoms with Crippen LogP contribution in [0.3, 0.4) is 0 Å². The lowest BCUT2D eigenvalue weighted by atomic mass is 10.1. The van der Waals surface area contributed by atoms with Crippen LogP contribution in [0.1, 0.15) is 30.0 Å². The third kappa shape index (κ3) is 7.17. The van der Waals surface area contributed by atoms with E-state index in [1.54, 1.807) is 30.3 Å². The zero-order chi connectivity index (χ0) is 31.3. The molecule has 1 saturated heterocycles. The van der Waals surface area contributed by atoms with E-state index >= 15 is 0 Å². The molecule has 0 saturated carbocycles. The van der Waals surface area contributed by atoms with E-state index < -0.39 is 28.0 Å². The molecule has 0 atom stereocenters. The van der Waals surface area contributed by atoms with E-state index in [0.29, 0.717) is 29.2 Å². The molecule has 11 nitrogen and oxygen atoms in total. The highest BCUT2D eigenvalue weighted by Gasteiger charge is 2.36. The molecule has 0 radical (unpaired) electrons. The first kappa shape index (κ1) is 31.6. The minimum absolute atomic E-state index is 0.0194. The summed E-state index contributed by atoms with van der Waals surface area (Å²) in [6, 6.07) is 13.2. The summed E-state index contributed by atoms with van der Waals surface area (Å²) in [5.74, 6) is -0.850. The number of carbonyl (C=O) groups is 3.